The number of carbonyl (C=O) groups excluding carboxylic acids is 1. The van der Waals surface area contributed by atoms with Crippen molar-refractivity contribution in [1.82, 2.24) is 10.6 Å². The van der Waals surface area contributed by atoms with Gasteiger partial charge in [-0.15, -0.1) is 12.4 Å². The monoisotopic (exact) mass is 316 g/mol. The third-order valence-corrected chi connectivity index (χ3v) is 5.41. The zero-order valence-electron chi connectivity index (χ0n) is 13.0. The zero-order chi connectivity index (χ0) is 13.9. The number of ether oxygens (including phenoxy) is 1. The quantitative estimate of drug-likeness (QED) is 0.836. The van der Waals surface area contributed by atoms with Gasteiger partial charge in [-0.2, -0.15) is 0 Å². The van der Waals surface area contributed by atoms with E-state index in [9.17, 15) is 4.79 Å². The van der Waals surface area contributed by atoms with Crippen molar-refractivity contribution in [3.8, 4) is 0 Å². The average Bonchev–Trinajstić information content (AvgIpc) is 2.78. The Balaban J connectivity index is 0.00000161. The van der Waals surface area contributed by atoms with E-state index in [1.54, 1.807) is 0 Å². The molecule has 0 radical (unpaired) electrons. The Kier molecular flexibility index (Phi) is 6.33. The predicted octanol–water partition coefficient (Wildman–Crippen LogP) is 2.26. The Morgan fingerprint density at radius 2 is 1.81 bits per heavy atom. The van der Waals surface area contributed by atoms with E-state index in [1.807, 2.05) is 0 Å². The first-order chi connectivity index (χ1) is 9.70. The molecule has 1 amide bonds. The molecule has 3 fully saturated rings. The molecule has 3 unspecified atom stereocenters. The molecule has 2 N–H and O–H groups in total. The van der Waals surface area contributed by atoms with Crippen LogP contribution in [0.25, 0.3) is 0 Å². The molecule has 0 aromatic heterocycles. The lowest BCUT2D eigenvalue weighted by atomic mass is 9.88. The number of piperidine rings is 1. The fourth-order valence-corrected chi connectivity index (χ4v) is 4.25. The van der Waals surface area contributed by atoms with E-state index in [0.29, 0.717) is 30.0 Å². The fourth-order valence-electron chi connectivity index (χ4n) is 4.25. The van der Waals surface area contributed by atoms with Gasteiger partial charge >= 0.3 is 0 Å². The summed E-state index contributed by atoms with van der Waals surface area (Å²) in [5.41, 5.74) is 0. The van der Waals surface area contributed by atoms with E-state index in [4.69, 9.17) is 4.74 Å². The Morgan fingerprint density at radius 1 is 1.19 bits per heavy atom. The minimum atomic E-state index is 0. The minimum absolute atomic E-state index is 0. The summed E-state index contributed by atoms with van der Waals surface area (Å²) < 4.78 is 5.39. The molecule has 0 aromatic rings. The lowest BCUT2D eigenvalue weighted by molar-refractivity contribution is -0.123. The van der Waals surface area contributed by atoms with Crippen molar-refractivity contribution in [1.29, 1.82) is 0 Å². The molecule has 3 aliphatic heterocycles. The van der Waals surface area contributed by atoms with Gasteiger partial charge in [0.25, 0.3) is 0 Å². The SMILES string of the molecule is CC(NC(=O)CC1CC2CCC(C1)N2)C1CCOCC1.Cl. The van der Waals surface area contributed by atoms with Gasteiger partial charge < -0.3 is 15.4 Å². The summed E-state index contributed by atoms with van der Waals surface area (Å²) in [5, 5.41) is 6.87. The standard InChI is InChI=1S/C16H28N2O2.ClH/c1-11(13-4-6-20-7-5-13)17-16(19)10-12-8-14-2-3-15(9-12)18-14;/h11-15,18H,2-10H2,1H3,(H,17,19);1H. The number of carbonyl (C=O) groups is 1. The second-order valence-electron chi connectivity index (χ2n) is 6.99. The van der Waals surface area contributed by atoms with Crippen LogP contribution in [0.3, 0.4) is 0 Å². The van der Waals surface area contributed by atoms with Crippen molar-refractivity contribution < 1.29 is 9.53 Å². The van der Waals surface area contributed by atoms with Crippen molar-refractivity contribution in [2.75, 3.05) is 13.2 Å². The molecule has 4 nitrogen and oxygen atoms in total. The summed E-state index contributed by atoms with van der Waals surface area (Å²) in [4.78, 5) is 12.2. The first-order valence-electron chi connectivity index (χ1n) is 8.34. The molecular weight excluding hydrogens is 288 g/mol. The van der Waals surface area contributed by atoms with Crippen molar-refractivity contribution in [2.24, 2.45) is 11.8 Å². The average molecular weight is 317 g/mol. The maximum absolute atomic E-state index is 12.2. The Labute approximate surface area is 134 Å². The molecule has 122 valence electrons. The summed E-state index contributed by atoms with van der Waals surface area (Å²) in [5.74, 6) is 1.45. The first-order valence-corrected chi connectivity index (χ1v) is 8.34. The van der Waals surface area contributed by atoms with Gasteiger partial charge in [-0.3, -0.25) is 4.79 Å². The van der Waals surface area contributed by atoms with Crippen LogP contribution >= 0.6 is 12.4 Å². The molecule has 0 spiro atoms. The summed E-state index contributed by atoms with van der Waals surface area (Å²) in [6.07, 6.45) is 7.88. The number of rotatable bonds is 4. The molecule has 3 saturated heterocycles. The van der Waals surface area contributed by atoms with Gasteiger partial charge in [0.05, 0.1) is 0 Å². The first kappa shape index (κ1) is 17.0. The predicted molar refractivity (Wildman–Crippen MR) is 85.7 cm³/mol. The van der Waals surface area contributed by atoms with Gasteiger partial charge in [-0.1, -0.05) is 0 Å². The highest BCUT2D eigenvalue weighted by atomic mass is 35.5. The smallest absolute Gasteiger partial charge is 0.220 e. The van der Waals surface area contributed by atoms with Crippen LogP contribution in [-0.2, 0) is 9.53 Å². The number of fused-ring (bicyclic) bond motifs is 2. The third-order valence-electron chi connectivity index (χ3n) is 5.41. The third kappa shape index (κ3) is 4.57. The molecule has 0 aliphatic carbocycles. The van der Waals surface area contributed by atoms with Crippen molar-refractivity contribution in [3.63, 3.8) is 0 Å². The van der Waals surface area contributed by atoms with E-state index < -0.39 is 0 Å². The molecule has 2 bridgehead atoms. The molecule has 0 saturated carbocycles. The maximum atomic E-state index is 12.2. The minimum Gasteiger partial charge on any atom is -0.381 e. The van der Waals surface area contributed by atoms with Gasteiger partial charge in [0.2, 0.25) is 5.91 Å². The van der Waals surface area contributed by atoms with Crippen molar-refractivity contribution >= 4 is 18.3 Å². The summed E-state index contributed by atoms with van der Waals surface area (Å²) in [6.45, 7) is 3.85. The van der Waals surface area contributed by atoms with Crippen LogP contribution in [-0.4, -0.2) is 37.2 Å². The van der Waals surface area contributed by atoms with Crippen LogP contribution < -0.4 is 10.6 Å². The molecule has 3 rings (SSSR count). The lowest BCUT2D eigenvalue weighted by Crippen LogP contribution is -2.43. The number of hydrogen-bond acceptors (Lipinski definition) is 3. The maximum Gasteiger partial charge on any atom is 0.220 e. The number of halogens is 1. The molecular formula is C16H29ClN2O2. The largest absolute Gasteiger partial charge is 0.381 e. The fraction of sp³-hybridized carbons (Fsp3) is 0.938. The Hall–Kier alpha value is -0.320. The number of amides is 1. The Morgan fingerprint density at radius 3 is 2.43 bits per heavy atom. The van der Waals surface area contributed by atoms with Crippen LogP contribution in [0, 0.1) is 11.8 Å². The topological polar surface area (TPSA) is 50.4 Å². The second kappa shape index (κ2) is 7.80. The van der Waals surface area contributed by atoms with Gasteiger partial charge in [-0.05, 0) is 57.3 Å². The van der Waals surface area contributed by atoms with Crippen LogP contribution in [0.15, 0.2) is 0 Å². The molecule has 3 heterocycles. The summed E-state index contributed by atoms with van der Waals surface area (Å²) in [7, 11) is 0. The van der Waals surface area contributed by atoms with Gasteiger partial charge in [0.1, 0.15) is 0 Å². The summed E-state index contributed by atoms with van der Waals surface area (Å²) >= 11 is 0. The molecule has 0 aromatic carbocycles. The number of nitrogens with one attached hydrogen (secondary N) is 2. The summed E-state index contributed by atoms with van der Waals surface area (Å²) in [6, 6.07) is 1.66. The van der Waals surface area contributed by atoms with E-state index in [-0.39, 0.29) is 18.3 Å². The second-order valence-corrected chi connectivity index (χ2v) is 6.99. The Bertz CT molecular complexity index is 335. The van der Waals surface area contributed by atoms with E-state index in [2.05, 4.69) is 17.6 Å². The van der Waals surface area contributed by atoms with Crippen LogP contribution in [0.1, 0.15) is 51.9 Å². The van der Waals surface area contributed by atoms with Crippen molar-refractivity contribution in [3.05, 3.63) is 0 Å². The van der Waals surface area contributed by atoms with Crippen LogP contribution in [0.4, 0.5) is 0 Å². The lowest BCUT2D eigenvalue weighted by Gasteiger charge is -2.31. The normalized spacial score (nSPS) is 34.0. The van der Waals surface area contributed by atoms with Gasteiger partial charge in [-0.25, -0.2) is 0 Å². The molecule has 21 heavy (non-hydrogen) atoms. The van der Waals surface area contributed by atoms with Crippen LogP contribution in [0.2, 0.25) is 0 Å². The van der Waals surface area contributed by atoms with E-state index in [0.717, 1.165) is 32.5 Å². The van der Waals surface area contributed by atoms with E-state index >= 15 is 0 Å². The van der Waals surface area contributed by atoms with Gasteiger partial charge in [0, 0.05) is 37.8 Å². The van der Waals surface area contributed by atoms with Gasteiger partial charge in [0.15, 0.2) is 0 Å². The molecule has 3 atom stereocenters. The molecule has 3 aliphatic rings. The number of hydrogen-bond donors (Lipinski definition) is 2. The molecule has 5 heteroatoms. The highest BCUT2D eigenvalue weighted by molar-refractivity contribution is 5.85. The zero-order valence-corrected chi connectivity index (χ0v) is 13.8. The van der Waals surface area contributed by atoms with Crippen LogP contribution in [0.5, 0.6) is 0 Å². The van der Waals surface area contributed by atoms with Crippen molar-refractivity contribution in [2.45, 2.75) is 70.0 Å². The highest BCUT2D eigenvalue weighted by Crippen LogP contribution is 2.32. The van der Waals surface area contributed by atoms with E-state index in [1.165, 1.54) is 25.7 Å². The highest BCUT2D eigenvalue weighted by Gasteiger charge is 2.34.